The van der Waals surface area contributed by atoms with Gasteiger partial charge in [-0.15, -0.1) is 11.3 Å². The monoisotopic (exact) mass is 317 g/mol. The van der Waals surface area contributed by atoms with Crippen molar-refractivity contribution in [3.05, 3.63) is 40.9 Å². The van der Waals surface area contributed by atoms with Crippen LogP contribution in [0.15, 0.2) is 24.4 Å². The molecule has 2 aromatic rings. The summed E-state index contributed by atoms with van der Waals surface area (Å²) in [5, 5.41) is 0.420. The summed E-state index contributed by atoms with van der Waals surface area (Å²) in [6.45, 7) is 0. The number of carbonyl (C=O) groups is 1. The summed E-state index contributed by atoms with van der Waals surface area (Å²) in [6.07, 6.45) is 2.22. The second-order valence-corrected chi connectivity index (χ2v) is 5.28. The molecule has 2 nitrogen and oxygen atoms in total. The van der Waals surface area contributed by atoms with E-state index < -0.39 is 16.5 Å². The molecule has 0 saturated carbocycles. The van der Waals surface area contributed by atoms with E-state index in [-0.39, 0.29) is 5.56 Å². The minimum atomic E-state index is -0.664. The predicted octanol–water partition coefficient (Wildman–Crippen LogP) is 3.72. The average molecular weight is 318 g/mol. The Morgan fingerprint density at radius 3 is 2.82 bits per heavy atom. The highest BCUT2D eigenvalue weighted by molar-refractivity contribution is 9.09. The summed E-state index contributed by atoms with van der Waals surface area (Å²) in [5.41, 5.74) is 0.230. The van der Waals surface area contributed by atoms with Gasteiger partial charge in [-0.2, -0.15) is 0 Å². The van der Waals surface area contributed by atoms with Crippen LogP contribution in [0, 0.1) is 11.6 Å². The minimum absolute atomic E-state index is 0.230. The Morgan fingerprint density at radius 2 is 2.18 bits per heavy atom. The van der Waals surface area contributed by atoms with Crippen LogP contribution in [0.5, 0.6) is 0 Å². The van der Waals surface area contributed by atoms with Gasteiger partial charge in [0.1, 0.15) is 27.8 Å². The van der Waals surface area contributed by atoms with Crippen LogP contribution in [-0.4, -0.2) is 11.3 Å². The van der Waals surface area contributed by atoms with Crippen molar-refractivity contribution in [2.45, 2.75) is 4.83 Å². The van der Waals surface area contributed by atoms with Gasteiger partial charge in [-0.05, 0) is 12.1 Å². The lowest BCUT2D eigenvalue weighted by Gasteiger charge is -1.98. The van der Waals surface area contributed by atoms with E-state index in [1.54, 1.807) is 0 Å². The second kappa shape index (κ2) is 5.01. The van der Waals surface area contributed by atoms with Crippen molar-refractivity contribution in [1.29, 1.82) is 0 Å². The van der Waals surface area contributed by atoms with E-state index in [4.69, 9.17) is 0 Å². The molecule has 0 radical (unpaired) electrons. The molecule has 88 valence electrons. The number of halogens is 3. The lowest BCUT2D eigenvalue weighted by atomic mass is 10.2. The molecule has 0 aliphatic carbocycles. The SMILES string of the molecule is O=C[C@H](Br)c1cnc(-c2ccc(F)cc2F)s1. The van der Waals surface area contributed by atoms with Gasteiger partial charge >= 0.3 is 0 Å². The molecule has 2 rings (SSSR count). The summed E-state index contributed by atoms with van der Waals surface area (Å²) < 4.78 is 26.2. The van der Waals surface area contributed by atoms with Crippen molar-refractivity contribution < 1.29 is 13.6 Å². The average Bonchev–Trinajstić information content (AvgIpc) is 2.77. The third-order valence-corrected chi connectivity index (χ3v) is 4.20. The molecular formula is C11H6BrF2NOS. The van der Waals surface area contributed by atoms with Gasteiger partial charge < -0.3 is 4.79 Å². The van der Waals surface area contributed by atoms with Gasteiger partial charge in [0.15, 0.2) is 0 Å². The molecule has 1 atom stereocenters. The molecule has 0 amide bonds. The van der Waals surface area contributed by atoms with Crippen LogP contribution in [0.2, 0.25) is 0 Å². The van der Waals surface area contributed by atoms with Gasteiger partial charge in [0.2, 0.25) is 0 Å². The van der Waals surface area contributed by atoms with Gasteiger partial charge in [0.25, 0.3) is 0 Å². The highest BCUT2D eigenvalue weighted by atomic mass is 79.9. The van der Waals surface area contributed by atoms with Crippen LogP contribution in [0.1, 0.15) is 9.70 Å². The van der Waals surface area contributed by atoms with Crippen molar-refractivity contribution in [3.63, 3.8) is 0 Å². The van der Waals surface area contributed by atoms with E-state index in [0.29, 0.717) is 9.88 Å². The van der Waals surface area contributed by atoms with Gasteiger partial charge in [-0.3, -0.25) is 0 Å². The number of hydrogen-bond donors (Lipinski definition) is 0. The Kier molecular flexibility index (Phi) is 3.63. The Balaban J connectivity index is 2.40. The van der Waals surface area contributed by atoms with E-state index in [2.05, 4.69) is 20.9 Å². The fraction of sp³-hybridized carbons (Fsp3) is 0.0909. The van der Waals surface area contributed by atoms with Crippen LogP contribution in [0.25, 0.3) is 10.6 Å². The molecule has 0 spiro atoms. The molecule has 6 heteroatoms. The summed E-state index contributed by atoms with van der Waals surface area (Å²) in [4.78, 5) is 14.8. The summed E-state index contributed by atoms with van der Waals surface area (Å²) in [7, 11) is 0. The topological polar surface area (TPSA) is 30.0 Å². The number of aldehydes is 1. The number of hydrogen-bond acceptors (Lipinski definition) is 3. The quantitative estimate of drug-likeness (QED) is 0.638. The fourth-order valence-electron chi connectivity index (χ4n) is 1.27. The maximum atomic E-state index is 13.5. The molecule has 0 saturated heterocycles. The molecule has 0 aliphatic heterocycles. The first-order valence-corrected chi connectivity index (χ1v) is 6.35. The van der Waals surface area contributed by atoms with Crippen LogP contribution in [0.3, 0.4) is 0 Å². The number of aromatic nitrogens is 1. The lowest BCUT2D eigenvalue weighted by molar-refractivity contribution is -0.107. The zero-order valence-electron chi connectivity index (χ0n) is 8.36. The predicted molar refractivity (Wildman–Crippen MR) is 65.2 cm³/mol. The van der Waals surface area contributed by atoms with E-state index in [9.17, 15) is 13.6 Å². The Hall–Kier alpha value is -1.14. The van der Waals surface area contributed by atoms with Crippen molar-refractivity contribution in [2.24, 2.45) is 0 Å². The van der Waals surface area contributed by atoms with Gasteiger partial charge in [0, 0.05) is 22.7 Å². The fourth-order valence-corrected chi connectivity index (χ4v) is 2.54. The molecule has 0 N–H and O–H groups in total. The molecule has 0 bridgehead atoms. The lowest BCUT2D eigenvalue weighted by Crippen LogP contribution is -1.85. The van der Waals surface area contributed by atoms with Gasteiger partial charge in [-0.1, -0.05) is 15.9 Å². The summed E-state index contributed by atoms with van der Waals surface area (Å²) in [5.74, 6) is -1.29. The molecule has 1 aromatic heterocycles. The van der Waals surface area contributed by atoms with E-state index >= 15 is 0 Å². The van der Waals surface area contributed by atoms with Crippen LogP contribution < -0.4 is 0 Å². The van der Waals surface area contributed by atoms with Crippen molar-refractivity contribution >= 4 is 33.6 Å². The molecule has 0 unspecified atom stereocenters. The summed E-state index contributed by atoms with van der Waals surface area (Å²) in [6, 6.07) is 3.31. The van der Waals surface area contributed by atoms with Crippen LogP contribution >= 0.6 is 27.3 Å². The largest absolute Gasteiger partial charge is 0.302 e. The first-order valence-electron chi connectivity index (χ1n) is 4.62. The summed E-state index contributed by atoms with van der Waals surface area (Å²) >= 11 is 4.34. The van der Waals surface area contributed by atoms with Gasteiger partial charge in [0.05, 0.1) is 0 Å². The molecule has 0 fully saturated rings. The first kappa shape index (κ1) is 12.3. The Labute approximate surface area is 108 Å². The molecule has 1 heterocycles. The molecule has 0 aliphatic rings. The Morgan fingerprint density at radius 1 is 1.41 bits per heavy atom. The van der Waals surface area contributed by atoms with E-state index in [1.165, 1.54) is 29.7 Å². The molecule has 1 aromatic carbocycles. The Bertz CT molecular complexity index is 558. The van der Waals surface area contributed by atoms with Crippen molar-refractivity contribution in [2.75, 3.05) is 0 Å². The third kappa shape index (κ3) is 2.58. The third-order valence-electron chi connectivity index (χ3n) is 2.08. The molecular weight excluding hydrogens is 312 g/mol. The maximum absolute atomic E-state index is 13.5. The normalized spacial score (nSPS) is 12.4. The number of alkyl halides is 1. The van der Waals surface area contributed by atoms with Gasteiger partial charge in [-0.25, -0.2) is 13.8 Å². The standard InChI is InChI=1S/C11H6BrF2NOS/c12-8(5-16)10-4-15-11(17-10)7-2-1-6(13)3-9(7)14/h1-5,8H/t8-/m0/s1. The number of carbonyl (C=O) groups excluding carboxylic acids is 1. The number of thiazole rings is 1. The maximum Gasteiger partial charge on any atom is 0.138 e. The number of rotatable bonds is 3. The van der Waals surface area contributed by atoms with Crippen molar-refractivity contribution in [1.82, 2.24) is 4.98 Å². The van der Waals surface area contributed by atoms with Crippen LogP contribution in [-0.2, 0) is 4.79 Å². The molecule has 17 heavy (non-hydrogen) atoms. The zero-order chi connectivity index (χ0) is 12.4. The number of benzene rings is 1. The highest BCUT2D eigenvalue weighted by Gasteiger charge is 2.14. The minimum Gasteiger partial charge on any atom is -0.302 e. The van der Waals surface area contributed by atoms with Crippen LogP contribution in [0.4, 0.5) is 8.78 Å². The number of nitrogens with zero attached hydrogens (tertiary/aromatic N) is 1. The van der Waals surface area contributed by atoms with E-state index in [1.807, 2.05) is 0 Å². The van der Waals surface area contributed by atoms with E-state index in [0.717, 1.165) is 12.4 Å². The second-order valence-electron chi connectivity index (χ2n) is 3.23. The van der Waals surface area contributed by atoms with Crippen molar-refractivity contribution in [3.8, 4) is 10.6 Å². The smallest absolute Gasteiger partial charge is 0.138 e. The zero-order valence-corrected chi connectivity index (χ0v) is 10.8. The first-order chi connectivity index (χ1) is 8.11. The highest BCUT2D eigenvalue weighted by Crippen LogP contribution is 2.32.